The van der Waals surface area contributed by atoms with Crippen molar-refractivity contribution in [1.82, 2.24) is 14.7 Å². The number of carbonyl (C=O) groups is 1. The van der Waals surface area contributed by atoms with Crippen molar-refractivity contribution in [3.63, 3.8) is 0 Å². The van der Waals surface area contributed by atoms with Crippen LogP contribution in [0.25, 0.3) is 0 Å². The molecule has 2 heterocycles. The fourth-order valence-corrected chi connectivity index (χ4v) is 3.00. The Balaban J connectivity index is 1.91. The summed E-state index contributed by atoms with van der Waals surface area (Å²) in [6, 6.07) is 8.09. The molecule has 4 nitrogen and oxygen atoms in total. The van der Waals surface area contributed by atoms with Gasteiger partial charge >= 0.3 is 0 Å². The van der Waals surface area contributed by atoms with Gasteiger partial charge in [-0.2, -0.15) is 5.10 Å². The molecule has 1 atom stereocenters. The molecule has 0 aliphatic carbocycles. The Labute approximate surface area is 123 Å². The summed E-state index contributed by atoms with van der Waals surface area (Å²) in [7, 11) is 0. The molecule has 0 N–H and O–H groups in total. The van der Waals surface area contributed by atoms with Crippen LogP contribution < -0.4 is 0 Å². The van der Waals surface area contributed by atoms with Crippen LogP contribution in [0.1, 0.15) is 41.9 Å². The Bertz CT molecular complexity index is 652. The van der Waals surface area contributed by atoms with Gasteiger partial charge in [0.05, 0.1) is 17.3 Å². The van der Waals surface area contributed by atoms with E-state index in [-0.39, 0.29) is 17.5 Å². The van der Waals surface area contributed by atoms with Gasteiger partial charge in [0, 0.05) is 19.3 Å². The third kappa shape index (κ3) is 2.44. The molecule has 1 amide bonds. The van der Waals surface area contributed by atoms with Crippen LogP contribution in [0.5, 0.6) is 0 Å². The largest absolute Gasteiger partial charge is 0.330 e. The van der Waals surface area contributed by atoms with Crippen molar-refractivity contribution in [3.8, 4) is 0 Å². The fourth-order valence-electron chi connectivity index (χ4n) is 3.00. The highest BCUT2D eigenvalue weighted by Crippen LogP contribution is 2.33. The number of benzene rings is 1. The Morgan fingerprint density at radius 2 is 2.19 bits per heavy atom. The molecule has 0 spiro atoms. The first kappa shape index (κ1) is 13.8. The molecule has 1 aromatic heterocycles. The second kappa shape index (κ2) is 5.68. The molecule has 5 heteroatoms. The lowest BCUT2D eigenvalue weighted by molar-refractivity contribution is 0.0725. The molecule has 1 aliphatic heterocycles. The zero-order chi connectivity index (χ0) is 14.8. The monoisotopic (exact) mass is 287 g/mol. The van der Waals surface area contributed by atoms with Crippen molar-refractivity contribution in [1.29, 1.82) is 0 Å². The second-order valence-corrected chi connectivity index (χ2v) is 5.21. The third-order valence-electron chi connectivity index (χ3n) is 4.01. The molecule has 0 unspecified atom stereocenters. The molecule has 0 bridgehead atoms. The first-order valence-corrected chi connectivity index (χ1v) is 7.29. The van der Waals surface area contributed by atoms with Crippen LogP contribution in [0.3, 0.4) is 0 Å². The minimum atomic E-state index is -0.461. The van der Waals surface area contributed by atoms with Gasteiger partial charge in [0.25, 0.3) is 5.91 Å². The van der Waals surface area contributed by atoms with E-state index in [9.17, 15) is 9.18 Å². The van der Waals surface area contributed by atoms with Gasteiger partial charge in [-0.15, -0.1) is 0 Å². The van der Waals surface area contributed by atoms with Gasteiger partial charge in [0.1, 0.15) is 5.82 Å². The number of aromatic nitrogens is 2. The Morgan fingerprint density at radius 3 is 2.95 bits per heavy atom. The van der Waals surface area contributed by atoms with E-state index in [4.69, 9.17) is 0 Å². The minimum Gasteiger partial charge on any atom is -0.330 e. The highest BCUT2D eigenvalue weighted by atomic mass is 19.1. The number of aryl methyl sites for hydroxylation is 1. The molecule has 0 radical (unpaired) electrons. The normalized spacial score (nSPS) is 18.2. The maximum Gasteiger partial charge on any atom is 0.257 e. The number of likely N-dealkylation sites (tertiary alicyclic amines) is 1. The minimum absolute atomic E-state index is 0.0143. The molecule has 1 aromatic carbocycles. The lowest BCUT2D eigenvalue weighted by Gasteiger charge is -2.25. The van der Waals surface area contributed by atoms with Crippen molar-refractivity contribution in [2.75, 3.05) is 6.54 Å². The van der Waals surface area contributed by atoms with Gasteiger partial charge in [0.2, 0.25) is 0 Å². The summed E-state index contributed by atoms with van der Waals surface area (Å²) in [6.07, 6.45) is 3.58. The van der Waals surface area contributed by atoms with Crippen LogP contribution in [0, 0.1) is 5.82 Å². The quantitative estimate of drug-likeness (QED) is 0.870. The van der Waals surface area contributed by atoms with E-state index in [2.05, 4.69) is 5.10 Å². The number of hydrogen-bond donors (Lipinski definition) is 0. The van der Waals surface area contributed by atoms with E-state index < -0.39 is 5.82 Å². The maximum absolute atomic E-state index is 13.8. The van der Waals surface area contributed by atoms with Crippen molar-refractivity contribution >= 4 is 5.91 Å². The first-order valence-electron chi connectivity index (χ1n) is 7.29. The van der Waals surface area contributed by atoms with E-state index in [0.717, 1.165) is 25.1 Å². The van der Waals surface area contributed by atoms with Crippen LogP contribution >= 0.6 is 0 Å². The van der Waals surface area contributed by atoms with Crippen LogP contribution in [-0.4, -0.2) is 27.1 Å². The van der Waals surface area contributed by atoms with Gasteiger partial charge < -0.3 is 4.90 Å². The van der Waals surface area contributed by atoms with Crippen molar-refractivity contribution in [2.45, 2.75) is 32.4 Å². The topological polar surface area (TPSA) is 38.1 Å². The SMILES string of the molecule is CCn1nccc1[C@@H]1CCCN1C(=O)c1ccccc1F. The highest BCUT2D eigenvalue weighted by Gasteiger charge is 2.33. The van der Waals surface area contributed by atoms with Gasteiger partial charge in [0.15, 0.2) is 0 Å². The summed E-state index contributed by atoms with van der Waals surface area (Å²) < 4.78 is 15.7. The smallest absolute Gasteiger partial charge is 0.257 e. The molecule has 2 aromatic rings. The van der Waals surface area contributed by atoms with Crippen LogP contribution in [0.2, 0.25) is 0 Å². The molecule has 21 heavy (non-hydrogen) atoms. The number of rotatable bonds is 3. The summed E-state index contributed by atoms with van der Waals surface area (Å²) in [5, 5.41) is 4.27. The van der Waals surface area contributed by atoms with Gasteiger partial charge in [-0.3, -0.25) is 9.48 Å². The fraction of sp³-hybridized carbons (Fsp3) is 0.375. The Kier molecular flexibility index (Phi) is 3.73. The predicted molar refractivity (Wildman–Crippen MR) is 77.3 cm³/mol. The van der Waals surface area contributed by atoms with E-state index in [1.165, 1.54) is 6.07 Å². The summed E-state index contributed by atoms with van der Waals surface area (Å²) in [5.41, 5.74) is 1.17. The second-order valence-electron chi connectivity index (χ2n) is 5.21. The van der Waals surface area contributed by atoms with Crippen LogP contribution in [0.15, 0.2) is 36.5 Å². The number of halogens is 1. The van der Waals surface area contributed by atoms with Crippen molar-refractivity contribution in [2.24, 2.45) is 0 Å². The van der Waals surface area contributed by atoms with Crippen LogP contribution in [-0.2, 0) is 6.54 Å². The molecule has 110 valence electrons. The van der Waals surface area contributed by atoms with E-state index in [1.54, 1.807) is 29.3 Å². The zero-order valence-electron chi connectivity index (χ0n) is 12.0. The molecule has 1 fully saturated rings. The number of hydrogen-bond acceptors (Lipinski definition) is 2. The van der Waals surface area contributed by atoms with E-state index in [1.807, 2.05) is 17.7 Å². The molecule has 3 rings (SSSR count). The third-order valence-corrected chi connectivity index (χ3v) is 4.01. The summed E-state index contributed by atoms with van der Waals surface area (Å²) in [5.74, 6) is -0.698. The van der Waals surface area contributed by atoms with Crippen molar-refractivity contribution in [3.05, 3.63) is 53.6 Å². The molecular formula is C16H18FN3O. The molecule has 0 saturated carbocycles. The average Bonchev–Trinajstić information content (AvgIpc) is 3.15. The molecular weight excluding hydrogens is 269 g/mol. The predicted octanol–water partition coefficient (Wildman–Crippen LogP) is 3.02. The van der Waals surface area contributed by atoms with Crippen LogP contribution in [0.4, 0.5) is 4.39 Å². The summed E-state index contributed by atoms with van der Waals surface area (Å²) in [6.45, 7) is 3.45. The lowest BCUT2D eigenvalue weighted by Crippen LogP contribution is -2.32. The van der Waals surface area contributed by atoms with E-state index >= 15 is 0 Å². The molecule has 1 aliphatic rings. The number of amides is 1. The first-order chi connectivity index (χ1) is 10.2. The lowest BCUT2D eigenvalue weighted by atomic mass is 10.1. The standard InChI is InChI=1S/C16H18FN3O/c1-2-20-15(9-10-18-20)14-8-5-11-19(14)16(21)12-6-3-4-7-13(12)17/h3-4,6-7,9-10,14H,2,5,8,11H2,1H3/t14-/m0/s1. The summed E-state index contributed by atoms with van der Waals surface area (Å²) in [4.78, 5) is 14.4. The Morgan fingerprint density at radius 1 is 1.38 bits per heavy atom. The Hall–Kier alpha value is -2.17. The van der Waals surface area contributed by atoms with Gasteiger partial charge in [-0.25, -0.2) is 4.39 Å². The van der Waals surface area contributed by atoms with Crippen molar-refractivity contribution < 1.29 is 9.18 Å². The van der Waals surface area contributed by atoms with Gasteiger partial charge in [-0.05, 0) is 38.0 Å². The maximum atomic E-state index is 13.8. The average molecular weight is 287 g/mol. The highest BCUT2D eigenvalue weighted by molar-refractivity contribution is 5.94. The van der Waals surface area contributed by atoms with E-state index in [0.29, 0.717) is 6.54 Å². The number of nitrogens with zero attached hydrogens (tertiary/aromatic N) is 3. The molecule has 1 saturated heterocycles. The zero-order valence-corrected chi connectivity index (χ0v) is 12.0. The summed E-state index contributed by atoms with van der Waals surface area (Å²) >= 11 is 0. The number of carbonyl (C=O) groups excluding carboxylic acids is 1. The van der Waals surface area contributed by atoms with Gasteiger partial charge in [-0.1, -0.05) is 12.1 Å².